The zero-order valence-electron chi connectivity index (χ0n) is 16.1. The van der Waals surface area contributed by atoms with Crippen LogP contribution in [0.25, 0.3) is 0 Å². The molecule has 0 spiro atoms. The van der Waals surface area contributed by atoms with E-state index in [2.05, 4.69) is 15.2 Å². The molecule has 4 nitrogen and oxygen atoms in total. The maximum Gasteiger partial charge on any atom is 0.261 e. The van der Waals surface area contributed by atoms with Gasteiger partial charge in [-0.05, 0) is 54.9 Å². The first-order valence-corrected chi connectivity index (χ1v) is 10.8. The van der Waals surface area contributed by atoms with Gasteiger partial charge in [-0.3, -0.25) is 14.7 Å². The number of nitrogens with zero attached hydrogens (tertiary/aromatic N) is 2. The number of hydrogen-bond donors (Lipinski definition) is 1. The van der Waals surface area contributed by atoms with E-state index in [1.54, 1.807) is 12.3 Å². The van der Waals surface area contributed by atoms with Crippen molar-refractivity contribution < 1.29 is 9.18 Å². The van der Waals surface area contributed by atoms with Crippen LogP contribution in [0.4, 0.5) is 4.39 Å². The summed E-state index contributed by atoms with van der Waals surface area (Å²) in [5.74, 6) is -0.0156. The van der Waals surface area contributed by atoms with Gasteiger partial charge in [-0.2, -0.15) is 0 Å². The first-order chi connectivity index (χ1) is 14.2. The quantitative estimate of drug-likeness (QED) is 0.644. The fourth-order valence-corrected chi connectivity index (χ4v) is 4.61. The van der Waals surface area contributed by atoms with Crippen molar-refractivity contribution in [2.45, 2.75) is 25.4 Å². The maximum absolute atomic E-state index is 14.1. The van der Waals surface area contributed by atoms with Gasteiger partial charge < -0.3 is 5.32 Å². The van der Waals surface area contributed by atoms with Gasteiger partial charge in [0.2, 0.25) is 0 Å². The van der Waals surface area contributed by atoms with E-state index in [0.717, 1.165) is 31.6 Å². The standard InChI is InChI=1S/C23H24FN3OS/c24-19-9-2-1-7-17(19)15-27-13-5-8-18(16-27)22(20-10-3-4-12-25-20)26-23(28)21-11-6-14-29-21/h1-4,6-7,9-12,14,18,22H,5,8,13,15-16H2,(H,26,28)/t18-,22+/m0/s1. The molecule has 6 heteroatoms. The van der Waals surface area contributed by atoms with E-state index in [1.165, 1.54) is 17.4 Å². The summed E-state index contributed by atoms with van der Waals surface area (Å²) in [6, 6.07) is 16.3. The lowest BCUT2D eigenvalue weighted by Gasteiger charge is -2.37. The summed E-state index contributed by atoms with van der Waals surface area (Å²) >= 11 is 1.43. The number of aromatic nitrogens is 1. The van der Waals surface area contributed by atoms with Crippen LogP contribution in [0.5, 0.6) is 0 Å². The van der Waals surface area contributed by atoms with Crippen LogP contribution in [0.3, 0.4) is 0 Å². The number of carbonyl (C=O) groups excluding carboxylic acids is 1. The van der Waals surface area contributed by atoms with Gasteiger partial charge in [0.05, 0.1) is 16.6 Å². The van der Waals surface area contributed by atoms with Crippen LogP contribution >= 0.6 is 11.3 Å². The molecule has 2 atom stereocenters. The molecule has 1 saturated heterocycles. The largest absolute Gasteiger partial charge is 0.343 e. The van der Waals surface area contributed by atoms with Crippen molar-refractivity contribution >= 4 is 17.2 Å². The molecule has 0 bridgehead atoms. The molecule has 1 aromatic carbocycles. The third-order valence-electron chi connectivity index (χ3n) is 5.40. The molecular formula is C23H24FN3OS. The topological polar surface area (TPSA) is 45.2 Å². The highest BCUT2D eigenvalue weighted by Crippen LogP contribution is 2.30. The number of amides is 1. The molecular weight excluding hydrogens is 385 g/mol. The van der Waals surface area contributed by atoms with Crippen LogP contribution in [-0.2, 0) is 6.54 Å². The highest BCUT2D eigenvalue weighted by molar-refractivity contribution is 7.12. The average molecular weight is 410 g/mol. The second-order valence-corrected chi connectivity index (χ2v) is 8.36. The first-order valence-electron chi connectivity index (χ1n) is 9.92. The first kappa shape index (κ1) is 19.7. The van der Waals surface area contributed by atoms with E-state index in [1.807, 2.05) is 47.8 Å². The molecule has 1 aliphatic rings. The third-order valence-corrected chi connectivity index (χ3v) is 6.27. The Hall–Kier alpha value is -2.57. The number of benzene rings is 1. The summed E-state index contributed by atoms with van der Waals surface area (Å²) in [5, 5.41) is 5.11. The fourth-order valence-electron chi connectivity index (χ4n) is 3.99. The maximum atomic E-state index is 14.1. The molecule has 1 aliphatic heterocycles. The van der Waals surface area contributed by atoms with E-state index in [9.17, 15) is 9.18 Å². The number of thiophene rings is 1. The number of halogens is 1. The number of pyridine rings is 1. The number of likely N-dealkylation sites (tertiary alicyclic amines) is 1. The van der Waals surface area contributed by atoms with E-state index in [0.29, 0.717) is 17.0 Å². The molecule has 1 amide bonds. The molecule has 3 heterocycles. The zero-order valence-corrected chi connectivity index (χ0v) is 16.9. The van der Waals surface area contributed by atoms with Crippen LogP contribution in [0, 0.1) is 11.7 Å². The number of rotatable bonds is 6. The Morgan fingerprint density at radius 3 is 2.83 bits per heavy atom. The van der Waals surface area contributed by atoms with E-state index in [-0.39, 0.29) is 23.7 Å². The molecule has 0 radical (unpaired) electrons. The van der Waals surface area contributed by atoms with Crippen molar-refractivity contribution in [1.82, 2.24) is 15.2 Å². The van der Waals surface area contributed by atoms with Gasteiger partial charge in [-0.1, -0.05) is 30.3 Å². The number of piperidine rings is 1. The minimum atomic E-state index is -0.172. The van der Waals surface area contributed by atoms with E-state index in [4.69, 9.17) is 0 Å². The number of hydrogen-bond acceptors (Lipinski definition) is 4. The molecule has 3 aromatic rings. The molecule has 150 valence electrons. The monoisotopic (exact) mass is 409 g/mol. The molecule has 2 aromatic heterocycles. The van der Waals surface area contributed by atoms with Crippen LogP contribution in [0.1, 0.15) is 39.8 Å². The van der Waals surface area contributed by atoms with Crippen LogP contribution < -0.4 is 5.32 Å². The molecule has 0 unspecified atom stereocenters. The highest BCUT2D eigenvalue weighted by atomic mass is 32.1. The molecule has 0 aliphatic carbocycles. The lowest BCUT2D eigenvalue weighted by Crippen LogP contribution is -2.43. The van der Waals surface area contributed by atoms with Crippen molar-refractivity contribution in [3.63, 3.8) is 0 Å². The molecule has 4 rings (SSSR count). The summed E-state index contributed by atoms with van der Waals surface area (Å²) in [4.78, 5) is 20.3. The molecule has 1 fully saturated rings. The fraction of sp³-hybridized carbons (Fsp3) is 0.304. The minimum Gasteiger partial charge on any atom is -0.343 e. The van der Waals surface area contributed by atoms with Gasteiger partial charge in [0.15, 0.2) is 0 Å². The Kier molecular flexibility index (Phi) is 6.32. The second kappa shape index (κ2) is 9.29. The van der Waals surface area contributed by atoms with Crippen LogP contribution in [0.15, 0.2) is 66.2 Å². The summed E-state index contributed by atoms with van der Waals surface area (Å²) in [6.07, 6.45) is 3.77. The summed E-state index contributed by atoms with van der Waals surface area (Å²) in [7, 11) is 0. The second-order valence-electron chi connectivity index (χ2n) is 7.41. The summed E-state index contributed by atoms with van der Waals surface area (Å²) in [6.45, 7) is 2.30. The van der Waals surface area contributed by atoms with Gasteiger partial charge in [0, 0.05) is 24.8 Å². The summed E-state index contributed by atoms with van der Waals surface area (Å²) < 4.78 is 14.1. The van der Waals surface area contributed by atoms with Crippen LogP contribution in [-0.4, -0.2) is 28.9 Å². The Bertz CT molecular complexity index is 932. The number of carbonyl (C=O) groups is 1. The molecule has 0 saturated carbocycles. The summed E-state index contributed by atoms with van der Waals surface area (Å²) in [5.41, 5.74) is 1.58. The van der Waals surface area contributed by atoms with Crippen molar-refractivity contribution in [2.24, 2.45) is 5.92 Å². The Labute approximate surface area is 174 Å². The predicted octanol–water partition coefficient (Wildman–Crippen LogP) is 4.67. The zero-order chi connectivity index (χ0) is 20.1. The Balaban J connectivity index is 1.52. The Morgan fingerprint density at radius 2 is 2.07 bits per heavy atom. The molecule has 29 heavy (non-hydrogen) atoms. The third kappa shape index (κ3) is 4.89. The normalized spacial score (nSPS) is 18.3. The lowest BCUT2D eigenvalue weighted by atomic mass is 9.88. The average Bonchev–Trinajstić information content (AvgIpc) is 3.29. The van der Waals surface area contributed by atoms with Crippen molar-refractivity contribution in [3.8, 4) is 0 Å². The lowest BCUT2D eigenvalue weighted by molar-refractivity contribution is 0.0878. The van der Waals surface area contributed by atoms with Gasteiger partial charge in [-0.25, -0.2) is 4.39 Å². The van der Waals surface area contributed by atoms with E-state index < -0.39 is 0 Å². The number of nitrogens with one attached hydrogen (secondary N) is 1. The smallest absolute Gasteiger partial charge is 0.261 e. The van der Waals surface area contributed by atoms with Crippen molar-refractivity contribution in [2.75, 3.05) is 13.1 Å². The SMILES string of the molecule is O=C(N[C@@H](c1ccccn1)[C@H]1CCCN(Cc2ccccc2F)C1)c1cccs1. The van der Waals surface area contributed by atoms with E-state index >= 15 is 0 Å². The highest BCUT2D eigenvalue weighted by Gasteiger charge is 2.31. The Morgan fingerprint density at radius 1 is 1.21 bits per heavy atom. The molecule has 1 N–H and O–H groups in total. The minimum absolute atomic E-state index is 0.0677. The van der Waals surface area contributed by atoms with Gasteiger partial charge in [-0.15, -0.1) is 11.3 Å². The van der Waals surface area contributed by atoms with Gasteiger partial charge in [0.1, 0.15) is 5.82 Å². The van der Waals surface area contributed by atoms with Gasteiger partial charge in [0.25, 0.3) is 5.91 Å². The van der Waals surface area contributed by atoms with Gasteiger partial charge >= 0.3 is 0 Å². The van der Waals surface area contributed by atoms with Crippen molar-refractivity contribution in [1.29, 1.82) is 0 Å². The van der Waals surface area contributed by atoms with Crippen LogP contribution in [0.2, 0.25) is 0 Å². The van der Waals surface area contributed by atoms with Crippen molar-refractivity contribution in [3.05, 3.63) is 88.1 Å². The predicted molar refractivity (Wildman–Crippen MR) is 113 cm³/mol.